The maximum atomic E-state index is 14.1. The second-order valence-corrected chi connectivity index (χ2v) is 8.20. The molecule has 4 rings (SSSR count). The molecule has 32 heavy (non-hydrogen) atoms. The minimum absolute atomic E-state index is 0.0181. The van der Waals surface area contributed by atoms with E-state index in [1.54, 1.807) is 38.1 Å². The predicted octanol–water partition coefficient (Wildman–Crippen LogP) is 6.04. The van der Waals surface area contributed by atoms with Crippen molar-refractivity contribution in [3.05, 3.63) is 89.7 Å². The lowest BCUT2D eigenvalue weighted by Gasteiger charge is -2.10. The van der Waals surface area contributed by atoms with Crippen LogP contribution in [-0.2, 0) is 16.1 Å². The molecule has 166 valence electrons. The number of hydrogen-bond donors (Lipinski definition) is 0. The Bertz CT molecular complexity index is 1130. The lowest BCUT2D eigenvalue weighted by Crippen LogP contribution is -2.13. The molecule has 0 radical (unpaired) electrons. The van der Waals surface area contributed by atoms with E-state index in [0.717, 1.165) is 12.1 Å². The summed E-state index contributed by atoms with van der Waals surface area (Å²) in [4.78, 5) is 12.6. The summed E-state index contributed by atoms with van der Waals surface area (Å²) in [5.74, 6) is -2.85. The van der Waals surface area contributed by atoms with Crippen molar-refractivity contribution in [2.75, 3.05) is 0 Å². The Labute approximate surface area is 183 Å². The molecule has 1 aliphatic carbocycles. The Balaban J connectivity index is 1.38. The molecule has 1 saturated carbocycles. The van der Waals surface area contributed by atoms with Crippen LogP contribution in [0.25, 0.3) is 0 Å². The Morgan fingerprint density at radius 2 is 1.66 bits per heavy atom. The summed E-state index contributed by atoms with van der Waals surface area (Å²) in [7, 11) is 0. The van der Waals surface area contributed by atoms with E-state index in [9.17, 15) is 18.0 Å². The van der Waals surface area contributed by atoms with Crippen LogP contribution >= 0.6 is 0 Å². The molecule has 3 aromatic rings. The van der Waals surface area contributed by atoms with Gasteiger partial charge in [0.2, 0.25) is 0 Å². The number of ether oxygens (including phenoxy) is 3. The highest BCUT2D eigenvalue weighted by molar-refractivity contribution is 5.78. The fourth-order valence-electron chi connectivity index (χ4n) is 3.52. The van der Waals surface area contributed by atoms with Crippen LogP contribution in [0, 0.1) is 28.8 Å². The van der Waals surface area contributed by atoms with Crippen LogP contribution in [0.4, 0.5) is 13.2 Å². The quantitative estimate of drug-likeness (QED) is 0.419. The Morgan fingerprint density at radius 3 is 2.38 bits per heavy atom. The minimum Gasteiger partial charge on any atom is -0.486 e. The summed E-state index contributed by atoms with van der Waals surface area (Å²) in [6.45, 7) is 3.51. The minimum atomic E-state index is -0.836. The van der Waals surface area contributed by atoms with Crippen molar-refractivity contribution < 1.29 is 32.2 Å². The van der Waals surface area contributed by atoms with Crippen molar-refractivity contribution in [2.24, 2.45) is 11.3 Å². The third-order valence-corrected chi connectivity index (χ3v) is 5.48. The van der Waals surface area contributed by atoms with E-state index in [0.29, 0.717) is 11.3 Å². The molecule has 2 unspecified atom stereocenters. The maximum Gasteiger partial charge on any atom is 0.313 e. The van der Waals surface area contributed by atoms with Crippen molar-refractivity contribution in [2.45, 2.75) is 26.6 Å². The SMILES string of the molecule is CC1(C)C(Oc2ccc(F)cc2F)C1C(=O)OCc1ccc(F)c(Oc2ccccc2)c1. The molecule has 4 nitrogen and oxygen atoms in total. The first kappa shape index (κ1) is 21.7. The van der Waals surface area contributed by atoms with Gasteiger partial charge in [-0.3, -0.25) is 4.79 Å². The van der Waals surface area contributed by atoms with Crippen molar-refractivity contribution in [1.29, 1.82) is 0 Å². The van der Waals surface area contributed by atoms with E-state index in [4.69, 9.17) is 14.2 Å². The van der Waals surface area contributed by atoms with E-state index < -0.39 is 40.9 Å². The summed E-state index contributed by atoms with van der Waals surface area (Å²) in [6.07, 6.45) is -0.611. The second-order valence-electron chi connectivity index (χ2n) is 8.20. The third-order valence-electron chi connectivity index (χ3n) is 5.48. The topological polar surface area (TPSA) is 44.8 Å². The smallest absolute Gasteiger partial charge is 0.313 e. The van der Waals surface area contributed by atoms with E-state index in [-0.39, 0.29) is 18.1 Å². The average Bonchev–Trinajstić information content (AvgIpc) is 3.31. The standard InChI is InChI=1S/C25H21F3O4/c1-25(2)22(23(25)32-20-11-9-16(26)13-19(20)28)24(29)30-14-15-8-10-18(27)21(12-15)31-17-6-4-3-5-7-17/h3-13,22-23H,14H2,1-2H3. The molecule has 0 aromatic heterocycles. The molecule has 2 atom stereocenters. The third kappa shape index (κ3) is 4.56. The van der Waals surface area contributed by atoms with Crippen molar-refractivity contribution in [3.63, 3.8) is 0 Å². The molecule has 0 saturated heterocycles. The number of benzene rings is 3. The van der Waals surface area contributed by atoms with Crippen LogP contribution < -0.4 is 9.47 Å². The van der Waals surface area contributed by atoms with Gasteiger partial charge in [-0.05, 0) is 42.0 Å². The first-order chi connectivity index (χ1) is 15.3. The molecule has 1 aliphatic rings. The Morgan fingerprint density at radius 1 is 0.906 bits per heavy atom. The highest BCUT2D eigenvalue weighted by atomic mass is 19.1. The van der Waals surface area contributed by atoms with Crippen LogP contribution in [0.2, 0.25) is 0 Å². The number of para-hydroxylation sites is 1. The molecule has 1 fully saturated rings. The molecule has 7 heteroatoms. The van der Waals surface area contributed by atoms with Gasteiger partial charge in [-0.25, -0.2) is 13.2 Å². The highest BCUT2D eigenvalue weighted by Gasteiger charge is 2.65. The number of halogens is 3. The number of esters is 1. The van der Waals surface area contributed by atoms with Gasteiger partial charge in [0.25, 0.3) is 0 Å². The van der Waals surface area contributed by atoms with Crippen LogP contribution in [-0.4, -0.2) is 12.1 Å². The highest BCUT2D eigenvalue weighted by Crippen LogP contribution is 2.55. The molecule has 3 aromatic carbocycles. The molecule has 0 bridgehead atoms. The van der Waals surface area contributed by atoms with Gasteiger partial charge in [-0.2, -0.15) is 0 Å². The summed E-state index contributed by atoms with van der Waals surface area (Å²) in [6, 6.07) is 16.0. The summed E-state index contributed by atoms with van der Waals surface area (Å²) in [5.41, 5.74) is -0.0337. The lowest BCUT2D eigenvalue weighted by atomic mass is 10.1. The Kier molecular flexibility index (Phi) is 5.82. The zero-order chi connectivity index (χ0) is 22.9. The van der Waals surface area contributed by atoms with E-state index in [1.807, 2.05) is 6.07 Å². The van der Waals surface area contributed by atoms with Gasteiger partial charge in [-0.15, -0.1) is 0 Å². The van der Waals surface area contributed by atoms with Gasteiger partial charge in [0.05, 0.1) is 0 Å². The molecule has 0 heterocycles. The van der Waals surface area contributed by atoms with Crippen LogP contribution in [0.1, 0.15) is 19.4 Å². The average molecular weight is 442 g/mol. The van der Waals surface area contributed by atoms with Gasteiger partial charge < -0.3 is 14.2 Å². The van der Waals surface area contributed by atoms with Gasteiger partial charge >= 0.3 is 5.97 Å². The molecule has 0 amide bonds. The first-order valence-electron chi connectivity index (χ1n) is 10.1. The normalized spacial score (nSPS) is 18.7. The van der Waals surface area contributed by atoms with E-state index >= 15 is 0 Å². The number of carbonyl (C=O) groups is 1. The van der Waals surface area contributed by atoms with E-state index in [1.165, 1.54) is 24.3 Å². The molecular formula is C25H21F3O4. The first-order valence-corrected chi connectivity index (χ1v) is 10.1. The van der Waals surface area contributed by atoms with Crippen molar-refractivity contribution in [1.82, 2.24) is 0 Å². The zero-order valence-electron chi connectivity index (χ0n) is 17.5. The van der Waals surface area contributed by atoms with Crippen molar-refractivity contribution in [3.8, 4) is 17.2 Å². The van der Waals surface area contributed by atoms with Crippen LogP contribution in [0.5, 0.6) is 17.2 Å². The van der Waals surface area contributed by atoms with Crippen LogP contribution in [0.3, 0.4) is 0 Å². The molecule has 0 spiro atoms. The summed E-state index contributed by atoms with van der Waals surface area (Å²) < 4.78 is 57.6. The van der Waals surface area contributed by atoms with Gasteiger partial charge in [0, 0.05) is 11.5 Å². The lowest BCUT2D eigenvalue weighted by molar-refractivity contribution is -0.147. The summed E-state index contributed by atoms with van der Waals surface area (Å²) in [5, 5.41) is 0. The van der Waals surface area contributed by atoms with Gasteiger partial charge in [0.1, 0.15) is 30.2 Å². The van der Waals surface area contributed by atoms with Crippen LogP contribution in [0.15, 0.2) is 66.7 Å². The largest absolute Gasteiger partial charge is 0.486 e. The predicted molar refractivity (Wildman–Crippen MR) is 111 cm³/mol. The fourth-order valence-corrected chi connectivity index (χ4v) is 3.52. The molecule has 0 N–H and O–H groups in total. The maximum absolute atomic E-state index is 14.1. The monoisotopic (exact) mass is 442 g/mol. The second kappa shape index (κ2) is 8.57. The molecular weight excluding hydrogens is 421 g/mol. The number of carbonyl (C=O) groups excluding carboxylic acids is 1. The Hall–Kier alpha value is -3.48. The summed E-state index contributed by atoms with van der Waals surface area (Å²) >= 11 is 0. The van der Waals surface area contributed by atoms with E-state index in [2.05, 4.69) is 0 Å². The fraction of sp³-hybridized carbons (Fsp3) is 0.240. The van der Waals surface area contributed by atoms with Crippen molar-refractivity contribution >= 4 is 5.97 Å². The number of hydrogen-bond acceptors (Lipinski definition) is 4. The zero-order valence-corrected chi connectivity index (χ0v) is 17.5. The van der Waals surface area contributed by atoms with Gasteiger partial charge in [0.15, 0.2) is 23.1 Å². The molecule has 0 aliphatic heterocycles. The van der Waals surface area contributed by atoms with Gasteiger partial charge in [-0.1, -0.05) is 38.1 Å². The number of rotatable bonds is 7.